The summed E-state index contributed by atoms with van der Waals surface area (Å²) in [6, 6.07) is 0. The Morgan fingerprint density at radius 3 is 2.68 bits per heavy atom. The standard InChI is InChI=1S/C17H20BrN7/c1-10-15(11(2)25-17(21-10)22-12(3)23-25)6-13-4-5-24(9-13)16-19-7-14(18)8-20-16/h7-8,13H,4-6,9H2,1-3H3. The minimum absolute atomic E-state index is 0.563. The zero-order valence-electron chi connectivity index (χ0n) is 14.6. The van der Waals surface area contributed by atoms with Crippen molar-refractivity contribution in [3.63, 3.8) is 0 Å². The lowest BCUT2D eigenvalue weighted by Gasteiger charge is -2.17. The van der Waals surface area contributed by atoms with E-state index in [4.69, 9.17) is 0 Å². The molecule has 3 aromatic rings. The number of anilines is 1. The molecule has 3 aromatic heterocycles. The first-order chi connectivity index (χ1) is 12.0. The van der Waals surface area contributed by atoms with Gasteiger partial charge in [-0.1, -0.05) is 0 Å². The Labute approximate surface area is 154 Å². The highest BCUT2D eigenvalue weighted by molar-refractivity contribution is 9.10. The Bertz CT molecular complexity index is 919. The van der Waals surface area contributed by atoms with Crippen molar-refractivity contribution < 1.29 is 0 Å². The molecule has 1 fully saturated rings. The molecule has 0 aromatic carbocycles. The van der Waals surface area contributed by atoms with E-state index >= 15 is 0 Å². The Morgan fingerprint density at radius 1 is 1.16 bits per heavy atom. The molecule has 1 atom stereocenters. The van der Waals surface area contributed by atoms with Gasteiger partial charge in [-0.05, 0) is 61.0 Å². The third-order valence-corrected chi connectivity index (χ3v) is 5.23. The lowest BCUT2D eigenvalue weighted by Crippen LogP contribution is -2.22. The van der Waals surface area contributed by atoms with E-state index in [-0.39, 0.29) is 0 Å². The van der Waals surface area contributed by atoms with Crippen molar-refractivity contribution in [2.75, 3.05) is 18.0 Å². The highest BCUT2D eigenvalue weighted by Gasteiger charge is 2.26. The van der Waals surface area contributed by atoms with Crippen LogP contribution in [-0.4, -0.2) is 42.6 Å². The Balaban J connectivity index is 1.55. The van der Waals surface area contributed by atoms with Gasteiger partial charge in [-0.3, -0.25) is 0 Å². The van der Waals surface area contributed by atoms with Crippen LogP contribution in [0.25, 0.3) is 5.78 Å². The second-order valence-corrected chi connectivity index (χ2v) is 7.55. The van der Waals surface area contributed by atoms with Crippen molar-refractivity contribution in [1.82, 2.24) is 29.5 Å². The first-order valence-electron chi connectivity index (χ1n) is 8.43. The van der Waals surface area contributed by atoms with E-state index < -0.39 is 0 Å². The number of aromatic nitrogens is 6. The first kappa shape index (κ1) is 16.4. The molecule has 0 radical (unpaired) electrons. The number of hydrogen-bond donors (Lipinski definition) is 0. The van der Waals surface area contributed by atoms with Gasteiger partial charge in [-0.2, -0.15) is 10.1 Å². The molecule has 1 saturated heterocycles. The predicted molar refractivity (Wildman–Crippen MR) is 98.7 cm³/mol. The Hall–Kier alpha value is -2.09. The Morgan fingerprint density at radius 2 is 1.92 bits per heavy atom. The zero-order valence-corrected chi connectivity index (χ0v) is 16.2. The fourth-order valence-electron chi connectivity index (χ4n) is 3.54. The van der Waals surface area contributed by atoms with E-state index in [9.17, 15) is 0 Å². The summed E-state index contributed by atoms with van der Waals surface area (Å²) in [5.41, 5.74) is 3.47. The van der Waals surface area contributed by atoms with Crippen LogP contribution in [0.15, 0.2) is 16.9 Å². The quantitative estimate of drug-likeness (QED) is 0.671. The van der Waals surface area contributed by atoms with E-state index in [1.807, 2.05) is 11.4 Å². The van der Waals surface area contributed by atoms with E-state index in [1.165, 1.54) is 5.56 Å². The lowest BCUT2D eigenvalue weighted by molar-refractivity contribution is 0.576. The van der Waals surface area contributed by atoms with Gasteiger partial charge in [-0.15, -0.1) is 0 Å². The molecule has 4 rings (SSSR count). The molecular weight excluding hydrogens is 382 g/mol. The van der Waals surface area contributed by atoms with Crippen molar-refractivity contribution in [2.24, 2.45) is 5.92 Å². The molecule has 4 heterocycles. The summed E-state index contributed by atoms with van der Waals surface area (Å²) in [6.45, 7) is 8.03. The third-order valence-electron chi connectivity index (χ3n) is 4.82. The predicted octanol–water partition coefficient (Wildman–Crippen LogP) is 2.67. The molecule has 0 spiro atoms. The fourth-order valence-corrected chi connectivity index (χ4v) is 3.75. The fraction of sp³-hybridized carbons (Fsp3) is 0.471. The number of nitrogens with zero attached hydrogens (tertiary/aromatic N) is 7. The summed E-state index contributed by atoms with van der Waals surface area (Å²) in [4.78, 5) is 20.1. The van der Waals surface area contributed by atoms with Crippen LogP contribution in [0.4, 0.5) is 5.95 Å². The molecular formula is C17H20BrN7. The third kappa shape index (κ3) is 3.10. The van der Waals surface area contributed by atoms with Crippen LogP contribution in [0.2, 0.25) is 0 Å². The minimum Gasteiger partial charge on any atom is -0.341 e. The maximum Gasteiger partial charge on any atom is 0.252 e. The van der Waals surface area contributed by atoms with Crippen LogP contribution in [0.3, 0.4) is 0 Å². The van der Waals surface area contributed by atoms with Crippen molar-refractivity contribution in [2.45, 2.75) is 33.6 Å². The summed E-state index contributed by atoms with van der Waals surface area (Å²) in [6.07, 6.45) is 5.73. The maximum atomic E-state index is 4.63. The van der Waals surface area contributed by atoms with Gasteiger partial charge >= 0.3 is 0 Å². The van der Waals surface area contributed by atoms with Crippen molar-refractivity contribution in [1.29, 1.82) is 0 Å². The molecule has 130 valence electrons. The molecule has 0 aliphatic carbocycles. The van der Waals surface area contributed by atoms with Crippen molar-refractivity contribution >= 4 is 27.7 Å². The minimum atomic E-state index is 0.563. The first-order valence-corrected chi connectivity index (χ1v) is 9.22. The monoisotopic (exact) mass is 401 g/mol. The van der Waals surface area contributed by atoms with Crippen LogP contribution < -0.4 is 4.90 Å². The number of hydrogen-bond acceptors (Lipinski definition) is 6. The second-order valence-electron chi connectivity index (χ2n) is 6.64. The number of rotatable bonds is 3. The van der Waals surface area contributed by atoms with Gasteiger partial charge in [-0.25, -0.2) is 19.5 Å². The van der Waals surface area contributed by atoms with Crippen molar-refractivity contribution in [3.05, 3.63) is 39.6 Å². The molecule has 0 amide bonds. The van der Waals surface area contributed by atoms with Gasteiger partial charge < -0.3 is 4.90 Å². The molecule has 7 nitrogen and oxygen atoms in total. The molecule has 8 heteroatoms. The summed E-state index contributed by atoms with van der Waals surface area (Å²) in [5.74, 6) is 2.81. The molecule has 1 aliphatic rings. The second kappa shape index (κ2) is 6.33. The number of fused-ring (bicyclic) bond motifs is 1. The Kier molecular flexibility index (Phi) is 4.15. The van der Waals surface area contributed by atoms with Crippen LogP contribution in [0.1, 0.15) is 29.2 Å². The maximum absolute atomic E-state index is 4.63. The lowest BCUT2D eigenvalue weighted by atomic mass is 9.96. The van der Waals surface area contributed by atoms with Crippen LogP contribution >= 0.6 is 15.9 Å². The summed E-state index contributed by atoms with van der Waals surface area (Å²) in [5, 5.41) is 4.47. The van der Waals surface area contributed by atoms with Gasteiger partial charge in [0.2, 0.25) is 5.95 Å². The average Bonchev–Trinajstić information content (AvgIpc) is 3.18. The van der Waals surface area contributed by atoms with E-state index in [0.29, 0.717) is 11.7 Å². The summed E-state index contributed by atoms with van der Waals surface area (Å²) >= 11 is 3.38. The normalized spacial score (nSPS) is 17.6. The van der Waals surface area contributed by atoms with Gasteiger partial charge in [0.1, 0.15) is 5.82 Å². The zero-order chi connectivity index (χ0) is 17.6. The smallest absolute Gasteiger partial charge is 0.252 e. The summed E-state index contributed by atoms with van der Waals surface area (Å²) < 4.78 is 2.77. The molecule has 25 heavy (non-hydrogen) atoms. The molecule has 1 aliphatic heterocycles. The average molecular weight is 402 g/mol. The molecule has 0 N–H and O–H groups in total. The molecule has 0 saturated carbocycles. The number of halogens is 1. The molecule has 0 bridgehead atoms. The highest BCUT2D eigenvalue weighted by Crippen LogP contribution is 2.26. The summed E-state index contributed by atoms with van der Waals surface area (Å²) in [7, 11) is 0. The SMILES string of the molecule is Cc1nc2nc(C)c(CC3CCN(c4ncc(Br)cn4)C3)c(C)n2n1. The highest BCUT2D eigenvalue weighted by atomic mass is 79.9. The van der Waals surface area contributed by atoms with Crippen LogP contribution in [-0.2, 0) is 6.42 Å². The van der Waals surface area contributed by atoms with Gasteiger partial charge in [0, 0.05) is 36.9 Å². The van der Waals surface area contributed by atoms with E-state index in [2.05, 4.69) is 59.7 Å². The van der Waals surface area contributed by atoms with Crippen molar-refractivity contribution in [3.8, 4) is 0 Å². The van der Waals surface area contributed by atoms with Crippen LogP contribution in [0, 0.1) is 26.7 Å². The van der Waals surface area contributed by atoms with Gasteiger partial charge in [0.15, 0.2) is 0 Å². The molecule has 1 unspecified atom stereocenters. The largest absolute Gasteiger partial charge is 0.341 e. The van der Waals surface area contributed by atoms with Crippen LogP contribution in [0.5, 0.6) is 0 Å². The van der Waals surface area contributed by atoms with E-state index in [1.54, 1.807) is 12.4 Å². The van der Waals surface area contributed by atoms with Gasteiger partial charge in [0.25, 0.3) is 5.78 Å². The topological polar surface area (TPSA) is 72.1 Å². The van der Waals surface area contributed by atoms with E-state index in [0.717, 1.165) is 53.6 Å². The number of aryl methyl sites for hydroxylation is 3. The van der Waals surface area contributed by atoms with Gasteiger partial charge in [0.05, 0.1) is 4.47 Å².